The molecule has 1 aromatic carbocycles. The maximum absolute atomic E-state index is 11.8. The van der Waals surface area contributed by atoms with Gasteiger partial charge >= 0.3 is 23.9 Å². The van der Waals surface area contributed by atoms with Gasteiger partial charge in [0.15, 0.2) is 18.3 Å². The van der Waals surface area contributed by atoms with E-state index < -0.39 is 54.6 Å². The third-order valence-corrected chi connectivity index (χ3v) is 4.19. The highest BCUT2D eigenvalue weighted by Crippen LogP contribution is 2.31. The molecule has 2 rings (SSSR count). The predicted molar refractivity (Wildman–Crippen MR) is 107 cm³/mol. The lowest BCUT2D eigenvalue weighted by Gasteiger charge is -2.43. The van der Waals surface area contributed by atoms with Gasteiger partial charge in [-0.05, 0) is 24.4 Å². The Morgan fingerprint density at radius 1 is 0.774 bits per heavy atom. The van der Waals surface area contributed by atoms with E-state index in [1.807, 2.05) is 0 Å². The maximum atomic E-state index is 11.8. The molecule has 168 valence electrons. The van der Waals surface area contributed by atoms with Crippen LogP contribution in [0.2, 0.25) is 0 Å². The number of rotatable bonds is 6. The summed E-state index contributed by atoms with van der Waals surface area (Å²) in [5, 5.41) is -0.376. The first-order valence-corrected chi connectivity index (χ1v) is 9.60. The lowest BCUT2D eigenvalue weighted by atomic mass is 9.98. The van der Waals surface area contributed by atoms with E-state index in [1.54, 1.807) is 30.3 Å². The summed E-state index contributed by atoms with van der Waals surface area (Å²) in [6, 6.07) is 8.38. The molecule has 0 N–H and O–H groups in total. The van der Waals surface area contributed by atoms with E-state index in [1.165, 1.54) is 0 Å². The van der Waals surface area contributed by atoms with Gasteiger partial charge in [0.1, 0.15) is 5.75 Å². The maximum Gasteiger partial charge on any atom is 0.308 e. The highest BCUT2D eigenvalue weighted by molar-refractivity contribution is 7.80. The highest BCUT2D eigenvalue weighted by atomic mass is 32.1. The topological polar surface area (TPSA) is 124 Å². The number of esters is 4. The average molecular weight is 454 g/mol. The smallest absolute Gasteiger partial charge is 0.308 e. The Balaban J connectivity index is 2.53. The van der Waals surface area contributed by atoms with Crippen LogP contribution in [-0.2, 0) is 42.9 Å². The molecule has 0 radical (unpaired) electrons. The molecule has 1 saturated heterocycles. The predicted octanol–water partition coefficient (Wildman–Crippen LogP) is 1.48. The standard InChI is InChI=1S/C20H22O10S/c1-10(21)25-16-15(29-14-8-6-5-7-9-14)17(26-11(2)22)19(27-12(3)23)30-18(16)20(31)28-13(4)24/h5-9,15-19H,1-4H3/t15-,16-,17+,18-,19?/m0/s1. The van der Waals surface area contributed by atoms with Crippen LogP contribution in [-0.4, -0.2) is 59.6 Å². The lowest BCUT2D eigenvalue weighted by molar-refractivity contribution is -0.279. The number of carbonyl (C=O) groups is 4. The van der Waals surface area contributed by atoms with Crippen molar-refractivity contribution < 1.29 is 47.6 Å². The van der Waals surface area contributed by atoms with E-state index in [0.717, 1.165) is 27.7 Å². The Kier molecular flexibility index (Phi) is 8.46. The molecule has 0 aliphatic carbocycles. The second-order valence-corrected chi connectivity index (χ2v) is 6.89. The van der Waals surface area contributed by atoms with Crippen molar-refractivity contribution in [1.82, 2.24) is 0 Å². The molecule has 1 aliphatic heterocycles. The molecule has 5 atom stereocenters. The lowest BCUT2D eigenvalue weighted by Crippen LogP contribution is -2.64. The van der Waals surface area contributed by atoms with E-state index in [4.69, 9.17) is 40.6 Å². The minimum absolute atomic E-state index is 0.336. The van der Waals surface area contributed by atoms with Crippen molar-refractivity contribution in [2.24, 2.45) is 0 Å². The van der Waals surface area contributed by atoms with E-state index in [2.05, 4.69) is 0 Å². The number of hydrogen-bond acceptors (Lipinski definition) is 11. The van der Waals surface area contributed by atoms with Gasteiger partial charge in [-0.1, -0.05) is 18.2 Å². The zero-order valence-electron chi connectivity index (χ0n) is 17.3. The summed E-state index contributed by atoms with van der Waals surface area (Å²) in [6.07, 6.45) is -6.71. The monoisotopic (exact) mass is 454 g/mol. The number of para-hydroxylation sites is 1. The van der Waals surface area contributed by atoms with Gasteiger partial charge in [-0.15, -0.1) is 0 Å². The van der Waals surface area contributed by atoms with Gasteiger partial charge in [0, 0.05) is 27.7 Å². The SMILES string of the molecule is CC(=O)OC(=S)[C@H]1OC(OC(C)=O)[C@H](OC(C)=O)[C@@H](Oc2ccccc2)[C@@H]1OC(C)=O. The summed E-state index contributed by atoms with van der Waals surface area (Å²) in [5.41, 5.74) is 0. The van der Waals surface area contributed by atoms with Crippen LogP contribution in [0, 0.1) is 0 Å². The van der Waals surface area contributed by atoms with Crippen LogP contribution in [0.4, 0.5) is 0 Å². The van der Waals surface area contributed by atoms with Gasteiger partial charge in [-0.25, -0.2) is 0 Å². The summed E-state index contributed by atoms with van der Waals surface area (Å²) in [4.78, 5) is 46.6. The molecule has 1 aromatic rings. The number of carbonyl (C=O) groups excluding carboxylic acids is 4. The normalized spacial score (nSPS) is 25.0. The number of ether oxygens (including phenoxy) is 6. The van der Waals surface area contributed by atoms with E-state index in [0.29, 0.717) is 5.75 Å². The fourth-order valence-corrected chi connectivity index (χ4v) is 3.19. The second kappa shape index (κ2) is 10.8. The highest BCUT2D eigenvalue weighted by Gasteiger charge is 2.54. The molecule has 1 unspecified atom stereocenters. The van der Waals surface area contributed by atoms with Crippen molar-refractivity contribution in [3.05, 3.63) is 30.3 Å². The molecule has 1 fully saturated rings. The van der Waals surface area contributed by atoms with Crippen molar-refractivity contribution in [3.8, 4) is 5.75 Å². The van der Waals surface area contributed by atoms with Crippen LogP contribution >= 0.6 is 12.2 Å². The van der Waals surface area contributed by atoms with Gasteiger partial charge < -0.3 is 28.4 Å². The molecule has 0 saturated carbocycles. The van der Waals surface area contributed by atoms with E-state index in [-0.39, 0.29) is 5.05 Å². The van der Waals surface area contributed by atoms with Gasteiger partial charge in [0.25, 0.3) is 0 Å². The van der Waals surface area contributed by atoms with Gasteiger partial charge in [-0.2, -0.15) is 0 Å². The number of thiocarbonyl (C=S) groups is 1. The number of hydrogen-bond donors (Lipinski definition) is 0. The molecule has 0 bridgehead atoms. The first kappa shape index (κ1) is 24.2. The van der Waals surface area contributed by atoms with Gasteiger partial charge in [0.2, 0.25) is 17.4 Å². The average Bonchev–Trinajstić information content (AvgIpc) is 2.65. The first-order valence-electron chi connectivity index (χ1n) is 9.19. The minimum atomic E-state index is -1.49. The molecule has 11 heteroatoms. The van der Waals surface area contributed by atoms with Crippen LogP contribution in [0.3, 0.4) is 0 Å². The zero-order valence-corrected chi connectivity index (χ0v) is 18.1. The van der Waals surface area contributed by atoms with Crippen LogP contribution in [0.1, 0.15) is 27.7 Å². The van der Waals surface area contributed by atoms with Crippen molar-refractivity contribution in [2.45, 2.75) is 58.4 Å². The molecular formula is C20H22O10S. The molecule has 1 heterocycles. The zero-order chi connectivity index (χ0) is 23.1. The van der Waals surface area contributed by atoms with Crippen LogP contribution in [0.15, 0.2) is 30.3 Å². The summed E-state index contributed by atoms with van der Waals surface area (Å²) < 4.78 is 32.4. The summed E-state index contributed by atoms with van der Waals surface area (Å²) in [5.74, 6) is -2.60. The van der Waals surface area contributed by atoms with Crippen LogP contribution in [0.25, 0.3) is 0 Å². The second-order valence-electron chi connectivity index (χ2n) is 6.49. The summed E-state index contributed by atoms with van der Waals surface area (Å²) >= 11 is 5.13. The van der Waals surface area contributed by atoms with E-state index >= 15 is 0 Å². The summed E-state index contributed by atoms with van der Waals surface area (Å²) in [7, 11) is 0. The van der Waals surface area contributed by atoms with Crippen LogP contribution in [0.5, 0.6) is 5.75 Å². The van der Waals surface area contributed by atoms with Crippen molar-refractivity contribution in [2.75, 3.05) is 0 Å². The quantitative estimate of drug-likeness (QED) is 0.353. The Morgan fingerprint density at radius 3 is 1.84 bits per heavy atom. The Morgan fingerprint density at radius 2 is 1.32 bits per heavy atom. The minimum Gasteiger partial charge on any atom is -0.482 e. The molecule has 0 aromatic heterocycles. The van der Waals surface area contributed by atoms with Gasteiger partial charge in [-0.3, -0.25) is 19.2 Å². The Labute approximate surface area is 183 Å². The van der Waals surface area contributed by atoms with Crippen molar-refractivity contribution >= 4 is 41.1 Å². The first-order chi connectivity index (χ1) is 14.6. The molecule has 31 heavy (non-hydrogen) atoms. The molecule has 0 amide bonds. The third-order valence-electron chi connectivity index (χ3n) is 3.87. The van der Waals surface area contributed by atoms with Crippen molar-refractivity contribution in [1.29, 1.82) is 0 Å². The van der Waals surface area contributed by atoms with Crippen LogP contribution < -0.4 is 4.74 Å². The van der Waals surface area contributed by atoms with E-state index in [9.17, 15) is 19.2 Å². The largest absolute Gasteiger partial charge is 0.482 e. The Bertz CT molecular complexity index is 840. The molecule has 10 nitrogen and oxygen atoms in total. The summed E-state index contributed by atoms with van der Waals surface area (Å²) in [6.45, 7) is 4.53. The van der Waals surface area contributed by atoms with Crippen molar-refractivity contribution in [3.63, 3.8) is 0 Å². The fourth-order valence-electron chi connectivity index (χ4n) is 2.89. The third kappa shape index (κ3) is 7.00. The molecule has 1 aliphatic rings. The fraction of sp³-hybridized carbons (Fsp3) is 0.450. The molecular weight excluding hydrogens is 432 g/mol. The number of benzene rings is 1. The molecule has 0 spiro atoms. The van der Waals surface area contributed by atoms with Gasteiger partial charge in [0.05, 0.1) is 0 Å². The Hall–Kier alpha value is -3.05.